The Bertz CT molecular complexity index is 809. The second-order valence-corrected chi connectivity index (χ2v) is 13.8. The third-order valence-electron chi connectivity index (χ3n) is 11.5. The summed E-state index contributed by atoms with van der Waals surface area (Å²) >= 11 is 0. The van der Waals surface area contributed by atoms with Crippen LogP contribution in [0.4, 0.5) is 0 Å². The van der Waals surface area contributed by atoms with Crippen LogP contribution < -0.4 is 0 Å². The summed E-state index contributed by atoms with van der Waals surface area (Å²) in [5, 5.41) is 0. The van der Waals surface area contributed by atoms with Crippen molar-refractivity contribution in [1.29, 1.82) is 0 Å². The average Bonchev–Trinajstić information content (AvgIpc) is 2.92. The lowest BCUT2D eigenvalue weighted by atomic mass is 9.65. The normalized spacial score (nSPS) is 48.9. The number of aliphatic imine (C=N–C) groups is 1. The number of carbonyl (C=O) groups is 1. The SMILES string of the molecule is CC(=O)N1CCCC2C(CC3CCC4C(=N3)CC3CC(C)CC5C3CC4CN5C)CC(C)CC21. The number of carbonyl (C=O) groups excluding carboxylic acids is 1. The van der Waals surface area contributed by atoms with Crippen molar-refractivity contribution in [3.8, 4) is 0 Å². The van der Waals surface area contributed by atoms with Gasteiger partial charge in [-0.1, -0.05) is 13.8 Å². The first-order valence-corrected chi connectivity index (χ1v) is 14.9. The summed E-state index contributed by atoms with van der Waals surface area (Å²) in [7, 11) is 2.42. The van der Waals surface area contributed by atoms with Gasteiger partial charge in [-0.25, -0.2) is 0 Å². The van der Waals surface area contributed by atoms with Crippen LogP contribution in [0.25, 0.3) is 0 Å². The molecule has 0 spiro atoms. The smallest absolute Gasteiger partial charge is 0.219 e. The third-order valence-corrected chi connectivity index (χ3v) is 11.5. The van der Waals surface area contributed by atoms with Gasteiger partial charge in [-0.05, 0) is 119 Å². The average molecular weight is 468 g/mol. The zero-order valence-electron chi connectivity index (χ0n) is 22.3. The number of likely N-dealkylation sites (tertiary alicyclic amines) is 2. The summed E-state index contributed by atoms with van der Waals surface area (Å²) < 4.78 is 0. The number of fused-ring (bicyclic) bond motifs is 4. The predicted octanol–water partition coefficient (Wildman–Crippen LogP) is 5.66. The number of nitrogens with zero attached hydrogens (tertiary/aromatic N) is 3. The van der Waals surface area contributed by atoms with Crippen LogP contribution >= 0.6 is 0 Å². The lowest BCUT2D eigenvalue weighted by Gasteiger charge is -2.50. The Labute approximate surface area is 208 Å². The minimum absolute atomic E-state index is 0.304. The fourth-order valence-corrected chi connectivity index (χ4v) is 10.2. The predicted molar refractivity (Wildman–Crippen MR) is 139 cm³/mol. The molecule has 3 aliphatic carbocycles. The van der Waals surface area contributed by atoms with Gasteiger partial charge < -0.3 is 9.80 Å². The highest BCUT2D eigenvalue weighted by Crippen LogP contribution is 2.51. The summed E-state index contributed by atoms with van der Waals surface area (Å²) in [5.74, 6) is 6.81. The molecule has 11 atom stereocenters. The molecule has 1 amide bonds. The fraction of sp³-hybridized carbons (Fsp3) is 0.933. The molecule has 11 unspecified atom stereocenters. The Hall–Kier alpha value is -0.900. The molecule has 2 saturated heterocycles. The van der Waals surface area contributed by atoms with Crippen molar-refractivity contribution in [3.05, 3.63) is 0 Å². The number of piperidine rings is 2. The van der Waals surface area contributed by atoms with Crippen LogP contribution in [0.1, 0.15) is 91.4 Å². The molecule has 0 aromatic heterocycles. The van der Waals surface area contributed by atoms with Gasteiger partial charge in [0.05, 0.1) is 6.04 Å². The van der Waals surface area contributed by atoms with Gasteiger partial charge in [0.2, 0.25) is 5.91 Å². The van der Waals surface area contributed by atoms with E-state index in [2.05, 4.69) is 30.7 Å². The van der Waals surface area contributed by atoms with Gasteiger partial charge in [-0.2, -0.15) is 0 Å². The first-order valence-electron chi connectivity index (χ1n) is 14.9. The van der Waals surface area contributed by atoms with Crippen LogP contribution in [0, 0.1) is 47.3 Å². The molecular weight excluding hydrogens is 418 g/mol. The van der Waals surface area contributed by atoms with Crippen molar-refractivity contribution in [3.63, 3.8) is 0 Å². The van der Waals surface area contributed by atoms with Crippen LogP contribution in [-0.2, 0) is 4.79 Å². The molecule has 2 bridgehead atoms. The van der Waals surface area contributed by atoms with Crippen LogP contribution in [-0.4, -0.2) is 59.7 Å². The van der Waals surface area contributed by atoms with Crippen molar-refractivity contribution in [1.82, 2.24) is 9.80 Å². The largest absolute Gasteiger partial charge is 0.340 e. The Morgan fingerprint density at radius 2 is 1.74 bits per heavy atom. The van der Waals surface area contributed by atoms with Crippen molar-refractivity contribution in [2.45, 2.75) is 110 Å². The second kappa shape index (κ2) is 9.20. The number of amides is 1. The Balaban J connectivity index is 1.21. The molecule has 0 N–H and O–H groups in total. The lowest BCUT2D eigenvalue weighted by Crippen LogP contribution is -2.53. The maximum Gasteiger partial charge on any atom is 0.219 e. The molecule has 6 aliphatic rings. The summed E-state index contributed by atoms with van der Waals surface area (Å²) in [6, 6.07) is 1.87. The first-order chi connectivity index (χ1) is 16.4. The molecule has 3 saturated carbocycles. The van der Waals surface area contributed by atoms with E-state index in [9.17, 15) is 4.79 Å². The van der Waals surface area contributed by atoms with Gasteiger partial charge in [-0.3, -0.25) is 9.79 Å². The van der Waals surface area contributed by atoms with Crippen molar-refractivity contribution in [2.75, 3.05) is 20.1 Å². The van der Waals surface area contributed by atoms with Crippen LogP contribution in [0.5, 0.6) is 0 Å². The van der Waals surface area contributed by atoms with Crippen LogP contribution in [0.2, 0.25) is 0 Å². The highest BCUT2D eigenvalue weighted by atomic mass is 16.2. The minimum atomic E-state index is 0.304. The van der Waals surface area contributed by atoms with Crippen molar-refractivity contribution < 1.29 is 4.79 Å². The van der Waals surface area contributed by atoms with E-state index in [-0.39, 0.29) is 0 Å². The zero-order chi connectivity index (χ0) is 23.6. The summed E-state index contributed by atoms with van der Waals surface area (Å²) in [6.07, 6.45) is 14.7. The highest BCUT2D eigenvalue weighted by Gasteiger charge is 2.49. The van der Waals surface area contributed by atoms with E-state index in [0.29, 0.717) is 23.9 Å². The summed E-state index contributed by atoms with van der Waals surface area (Å²) in [4.78, 5) is 23.0. The highest BCUT2D eigenvalue weighted by molar-refractivity contribution is 5.88. The summed E-state index contributed by atoms with van der Waals surface area (Å²) in [5.41, 5.74) is 1.64. The van der Waals surface area contributed by atoms with Gasteiger partial charge in [0.1, 0.15) is 0 Å². The number of rotatable bonds is 2. The van der Waals surface area contributed by atoms with E-state index in [1.54, 1.807) is 12.6 Å². The number of hydrogen-bond donors (Lipinski definition) is 0. The second-order valence-electron chi connectivity index (χ2n) is 13.8. The lowest BCUT2D eigenvalue weighted by molar-refractivity contribution is -0.137. The minimum Gasteiger partial charge on any atom is -0.340 e. The molecule has 0 aromatic carbocycles. The Morgan fingerprint density at radius 1 is 0.941 bits per heavy atom. The van der Waals surface area contributed by atoms with Crippen LogP contribution in [0.3, 0.4) is 0 Å². The van der Waals surface area contributed by atoms with E-state index in [1.165, 1.54) is 77.2 Å². The molecule has 6 rings (SSSR count). The van der Waals surface area contributed by atoms with Gasteiger partial charge in [0, 0.05) is 43.7 Å². The van der Waals surface area contributed by atoms with Gasteiger partial charge >= 0.3 is 0 Å². The van der Waals surface area contributed by atoms with Crippen LogP contribution in [0.15, 0.2) is 4.99 Å². The molecule has 4 nitrogen and oxygen atoms in total. The Morgan fingerprint density at radius 3 is 2.56 bits per heavy atom. The van der Waals surface area contributed by atoms with E-state index in [4.69, 9.17) is 4.99 Å². The monoisotopic (exact) mass is 467 g/mol. The maximum absolute atomic E-state index is 12.4. The quantitative estimate of drug-likeness (QED) is 0.526. The van der Waals surface area contributed by atoms with Gasteiger partial charge in [-0.15, -0.1) is 0 Å². The standard InChI is InChI=1S/C30H49N3O/c1-18-11-22-16-28-25(23-15-27(22)29(12-18)32(4)17-23)8-7-24(31-28)14-21-10-19(2)13-30-26(21)6-5-9-33(30)20(3)34/h18-19,21-27,29-30H,5-17H2,1-4H3. The van der Waals surface area contributed by atoms with Gasteiger partial charge in [0.15, 0.2) is 0 Å². The topological polar surface area (TPSA) is 35.9 Å². The fourth-order valence-electron chi connectivity index (χ4n) is 10.2. The molecule has 4 heteroatoms. The Kier molecular flexibility index (Phi) is 6.36. The molecular formula is C30H49N3O. The van der Waals surface area contributed by atoms with E-state index in [1.807, 2.05) is 0 Å². The molecule has 3 aliphatic heterocycles. The zero-order valence-corrected chi connectivity index (χ0v) is 22.3. The van der Waals surface area contributed by atoms with E-state index in [0.717, 1.165) is 54.0 Å². The molecule has 5 fully saturated rings. The maximum atomic E-state index is 12.4. The molecule has 190 valence electrons. The van der Waals surface area contributed by atoms with Gasteiger partial charge in [0.25, 0.3) is 0 Å². The van der Waals surface area contributed by atoms with Crippen molar-refractivity contribution in [2.24, 2.45) is 52.3 Å². The first kappa shape index (κ1) is 23.5. The third kappa shape index (κ3) is 4.18. The molecule has 3 heterocycles. The van der Waals surface area contributed by atoms with E-state index >= 15 is 0 Å². The summed E-state index contributed by atoms with van der Waals surface area (Å²) in [6.45, 7) is 9.02. The van der Waals surface area contributed by atoms with E-state index < -0.39 is 0 Å². The molecule has 34 heavy (non-hydrogen) atoms. The number of hydrogen-bond acceptors (Lipinski definition) is 3. The van der Waals surface area contributed by atoms with Crippen molar-refractivity contribution >= 4 is 11.6 Å². The molecule has 0 radical (unpaired) electrons. The molecule has 0 aromatic rings.